The minimum atomic E-state index is 0.242. The Hall–Kier alpha value is -1.55. The Morgan fingerprint density at radius 1 is 1.18 bits per heavy atom. The lowest BCUT2D eigenvalue weighted by atomic mass is 10.1. The Labute approximate surface area is 133 Å². The van der Waals surface area contributed by atoms with Gasteiger partial charge in [0.15, 0.2) is 0 Å². The molecule has 1 aromatic carbocycles. The van der Waals surface area contributed by atoms with Crippen LogP contribution in [0.2, 0.25) is 0 Å². The van der Waals surface area contributed by atoms with Crippen molar-refractivity contribution in [3.05, 3.63) is 29.8 Å². The van der Waals surface area contributed by atoms with Crippen LogP contribution in [0, 0.1) is 0 Å². The summed E-state index contributed by atoms with van der Waals surface area (Å²) < 4.78 is 5.36. The summed E-state index contributed by atoms with van der Waals surface area (Å²) >= 11 is 0. The molecule has 2 aliphatic rings. The monoisotopic (exact) mass is 302 g/mol. The molecule has 0 aliphatic carbocycles. The summed E-state index contributed by atoms with van der Waals surface area (Å²) in [6.07, 6.45) is 5.34. The molecule has 1 unspecified atom stereocenters. The van der Waals surface area contributed by atoms with E-state index in [0.717, 1.165) is 37.2 Å². The van der Waals surface area contributed by atoms with E-state index in [4.69, 9.17) is 4.74 Å². The zero-order chi connectivity index (χ0) is 15.4. The highest BCUT2D eigenvalue weighted by Gasteiger charge is 2.30. The van der Waals surface area contributed by atoms with E-state index in [-0.39, 0.29) is 5.91 Å². The first-order valence-corrected chi connectivity index (χ1v) is 8.41. The number of nitrogens with zero attached hydrogens (tertiary/aromatic N) is 2. The number of benzene rings is 1. The molecule has 0 spiro atoms. The van der Waals surface area contributed by atoms with Crippen LogP contribution < -0.4 is 4.74 Å². The molecular formula is C18H26N2O2. The van der Waals surface area contributed by atoms with Gasteiger partial charge in [0.25, 0.3) is 0 Å². The fourth-order valence-electron chi connectivity index (χ4n) is 3.73. The molecule has 0 radical (unpaired) electrons. The predicted molar refractivity (Wildman–Crippen MR) is 87.1 cm³/mol. The number of hydrogen-bond acceptors (Lipinski definition) is 3. The van der Waals surface area contributed by atoms with Gasteiger partial charge in [-0.1, -0.05) is 18.2 Å². The third-order valence-electron chi connectivity index (χ3n) is 4.90. The largest absolute Gasteiger partial charge is 0.496 e. The standard InChI is InChI=1S/C18H26N2O2/c1-22-17-9-3-2-7-15(17)13-18(21)20-12-6-8-16(20)14-19-10-4-5-11-19/h2-3,7,9,16H,4-6,8,10-14H2,1H3. The summed E-state index contributed by atoms with van der Waals surface area (Å²) in [6.45, 7) is 4.36. The molecule has 1 amide bonds. The number of hydrogen-bond donors (Lipinski definition) is 0. The van der Waals surface area contributed by atoms with E-state index in [1.54, 1.807) is 7.11 Å². The first-order valence-electron chi connectivity index (χ1n) is 8.41. The molecule has 2 saturated heterocycles. The number of carbonyl (C=O) groups excluding carboxylic acids is 1. The molecule has 3 rings (SSSR count). The van der Waals surface area contributed by atoms with Crippen LogP contribution in [0.15, 0.2) is 24.3 Å². The Bertz CT molecular complexity index is 512. The molecule has 0 bridgehead atoms. The van der Waals surface area contributed by atoms with Crippen molar-refractivity contribution in [1.82, 2.24) is 9.80 Å². The normalized spacial score (nSPS) is 22.2. The third kappa shape index (κ3) is 3.43. The first-order chi connectivity index (χ1) is 10.8. The van der Waals surface area contributed by atoms with Gasteiger partial charge in [-0.25, -0.2) is 0 Å². The first kappa shape index (κ1) is 15.3. The highest BCUT2D eigenvalue weighted by molar-refractivity contribution is 5.80. The average Bonchev–Trinajstić information content (AvgIpc) is 3.20. The summed E-state index contributed by atoms with van der Waals surface area (Å²) in [5, 5.41) is 0. The van der Waals surface area contributed by atoms with E-state index in [9.17, 15) is 4.79 Å². The Balaban J connectivity index is 1.62. The minimum Gasteiger partial charge on any atom is -0.496 e. The Morgan fingerprint density at radius 2 is 1.95 bits per heavy atom. The Morgan fingerprint density at radius 3 is 2.73 bits per heavy atom. The van der Waals surface area contributed by atoms with Gasteiger partial charge in [0.2, 0.25) is 5.91 Å². The van der Waals surface area contributed by atoms with Gasteiger partial charge < -0.3 is 14.5 Å². The van der Waals surface area contributed by atoms with Crippen molar-refractivity contribution in [2.24, 2.45) is 0 Å². The maximum atomic E-state index is 12.7. The van der Waals surface area contributed by atoms with Crippen LogP contribution in [0.25, 0.3) is 0 Å². The second-order valence-corrected chi connectivity index (χ2v) is 6.38. The van der Waals surface area contributed by atoms with Crippen LogP contribution in [-0.4, -0.2) is 55.0 Å². The van der Waals surface area contributed by atoms with Gasteiger partial charge in [-0.15, -0.1) is 0 Å². The second-order valence-electron chi connectivity index (χ2n) is 6.38. The molecule has 2 fully saturated rings. The van der Waals surface area contributed by atoms with Crippen molar-refractivity contribution in [3.8, 4) is 5.75 Å². The molecule has 0 saturated carbocycles. The predicted octanol–water partition coefficient (Wildman–Crippen LogP) is 2.32. The topological polar surface area (TPSA) is 32.8 Å². The fraction of sp³-hybridized carbons (Fsp3) is 0.611. The van der Waals surface area contributed by atoms with Crippen molar-refractivity contribution in [2.75, 3.05) is 33.3 Å². The number of methoxy groups -OCH3 is 1. The van der Waals surface area contributed by atoms with Crippen LogP contribution in [0.4, 0.5) is 0 Å². The summed E-state index contributed by atoms with van der Waals surface area (Å²) in [4.78, 5) is 17.3. The number of carbonyl (C=O) groups is 1. The summed E-state index contributed by atoms with van der Waals surface area (Å²) in [5.74, 6) is 1.05. The van der Waals surface area contributed by atoms with Crippen molar-refractivity contribution in [1.29, 1.82) is 0 Å². The van der Waals surface area contributed by atoms with E-state index in [2.05, 4.69) is 9.80 Å². The SMILES string of the molecule is COc1ccccc1CC(=O)N1CCCC1CN1CCCC1. The molecule has 0 aromatic heterocycles. The van der Waals surface area contributed by atoms with Crippen LogP contribution in [0.1, 0.15) is 31.2 Å². The van der Waals surface area contributed by atoms with Crippen LogP contribution in [-0.2, 0) is 11.2 Å². The van der Waals surface area contributed by atoms with Gasteiger partial charge in [0, 0.05) is 24.7 Å². The number of para-hydroxylation sites is 1. The van der Waals surface area contributed by atoms with Gasteiger partial charge in [0.1, 0.15) is 5.75 Å². The van der Waals surface area contributed by atoms with E-state index in [1.807, 2.05) is 24.3 Å². The lowest BCUT2D eigenvalue weighted by molar-refractivity contribution is -0.131. The maximum Gasteiger partial charge on any atom is 0.227 e. The smallest absolute Gasteiger partial charge is 0.227 e. The number of amides is 1. The lowest BCUT2D eigenvalue weighted by Gasteiger charge is -2.28. The van der Waals surface area contributed by atoms with Crippen molar-refractivity contribution in [3.63, 3.8) is 0 Å². The van der Waals surface area contributed by atoms with Gasteiger partial charge in [-0.2, -0.15) is 0 Å². The molecular weight excluding hydrogens is 276 g/mol. The Kier molecular flexibility index (Phi) is 4.98. The van der Waals surface area contributed by atoms with E-state index >= 15 is 0 Å². The van der Waals surface area contributed by atoms with Crippen LogP contribution >= 0.6 is 0 Å². The van der Waals surface area contributed by atoms with Crippen LogP contribution in [0.5, 0.6) is 5.75 Å². The quantitative estimate of drug-likeness (QED) is 0.837. The number of ether oxygens (including phenoxy) is 1. The van der Waals surface area contributed by atoms with E-state index in [0.29, 0.717) is 12.5 Å². The van der Waals surface area contributed by atoms with E-state index in [1.165, 1.54) is 25.9 Å². The zero-order valence-electron chi connectivity index (χ0n) is 13.5. The number of likely N-dealkylation sites (tertiary alicyclic amines) is 2. The molecule has 4 heteroatoms. The van der Waals surface area contributed by atoms with Gasteiger partial charge in [-0.3, -0.25) is 4.79 Å². The molecule has 4 nitrogen and oxygen atoms in total. The summed E-state index contributed by atoms with van der Waals surface area (Å²) in [5.41, 5.74) is 0.988. The van der Waals surface area contributed by atoms with Gasteiger partial charge >= 0.3 is 0 Å². The molecule has 22 heavy (non-hydrogen) atoms. The zero-order valence-corrected chi connectivity index (χ0v) is 13.5. The maximum absolute atomic E-state index is 12.7. The molecule has 2 heterocycles. The molecule has 1 aromatic rings. The summed E-state index contributed by atoms with van der Waals surface area (Å²) in [6, 6.07) is 8.23. The van der Waals surface area contributed by atoms with Crippen LogP contribution in [0.3, 0.4) is 0 Å². The molecule has 0 N–H and O–H groups in total. The lowest BCUT2D eigenvalue weighted by Crippen LogP contribution is -2.43. The number of rotatable bonds is 5. The highest BCUT2D eigenvalue weighted by Crippen LogP contribution is 2.24. The molecule has 1 atom stereocenters. The molecule has 120 valence electrons. The summed E-state index contributed by atoms with van der Waals surface area (Å²) in [7, 11) is 1.66. The second kappa shape index (κ2) is 7.14. The van der Waals surface area contributed by atoms with E-state index < -0.39 is 0 Å². The minimum absolute atomic E-state index is 0.242. The van der Waals surface area contributed by atoms with Gasteiger partial charge in [-0.05, 0) is 44.8 Å². The van der Waals surface area contributed by atoms with Gasteiger partial charge in [0.05, 0.1) is 13.5 Å². The van der Waals surface area contributed by atoms with Crippen molar-refractivity contribution in [2.45, 2.75) is 38.1 Å². The van der Waals surface area contributed by atoms with Crippen molar-refractivity contribution < 1.29 is 9.53 Å². The fourth-order valence-corrected chi connectivity index (χ4v) is 3.73. The highest BCUT2D eigenvalue weighted by atomic mass is 16.5. The molecule has 2 aliphatic heterocycles. The average molecular weight is 302 g/mol. The van der Waals surface area contributed by atoms with Crippen molar-refractivity contribution >= 4 is 5.91 Å². The third-order valence-corrected chi connectivity index (χ3v) is 4.90.